The van der Waals surface area contributed by atoms with Crippen LogP contribution in [0.3, 0.4) is 0 Å². The van der Waals surface area contributed by atoms with Crippen molar-refractivity contribution in [2.45, 2.75) is 26.8 Å². The molecule has 0 spiro atoms. The van der Waals surface area contributed by atoms with Crippen molar-refractivity contribution in [2.75, 3.05) is 11.4 Å². The van der Waals surface area contributed by atoms with E-state index < -0.39 is 0 Å². The Morgan fingerprint density at radius 1 is 1.56 bits per heavy atom. The number of aldehydes is 1. The third-order valence-corrected chi connectivity index (χ3v) is 2.43. The molecular weight excluding hydrogens is 200 g/mol. The molecule has 1 aromatic rings. The number of carbonyl (C=O) groups excluding carboxylic acids is 1. The summed E-state index contributed by atoms with van der Waals surface area (Å²) in [5, 5.41) is 0. The number of nitrogens with zero attached hydrogens (tertiary/aromatic N) is 2. The van der Waals surface area contributed by atoms with Crippen molar-refractivity contribution in [1.29, 1.82) is 0 Å². The normalized spacial score (nSPS) is 10.2. The molecule has 16 heavy (non-hydrogen) atoms. The second-order valence-electron chi connectivity index (χ2n) is 4.06. The van der Waals surface area contributed by atoms with Gasteiger partial charge in [-0.25, -0.2) is 4.98 Å². The van der Waals surface area contributed by atoms with Crippen molar-refractivity contribution in [3.05, 3.63) is 36.0 Å². The summed E-state index contributed by atoms with van der Waals surface area (Å²) >= 11 is 0. The molecule has 0 fully saturated rings. The van der Waals surface area contributed by atoms with Crippen molar-refractivity contribution < 1.29 is 4.79 Å². The van der Waals surface area contributed by atoms with Crippen molar-refractivity contribution in [3.8, 4) is 0 Å². The minimum absolute atomic E-state index is 0.353. The first kappa shape index (κ1) is 12.4. The molecule has 0 radical (unpaired) electrons. The van der Waals surface area contributed by atoms with Crippen LogP contribution in [0.15, 0.2) is 24.9 Å². The van der Waals surface area contributed by atoms with Crippen molar-refractivity contribution in [3.63, 3.8) is 0 Å². The maximum atomic E-state index is 10.6. The van der Waals surface area contributed by atoms with Gasteiger partial charge in [0.15, 0.2) is 6.29 Å². The van der Waals surface area contributed by atoms with Gasteiger partial charge in [-0.1, -0.05) is 6.08 Å². The fourth-order valence-corrected chi connectivity index (χ4v) is 1.64. The molecule has 0 amide bonds. The molecule has 1 rings (SSSR count). The summed E-state index contributed by atoms with van der Waals surface area (Å²) in [6, 6.07) is 2.21. The van der Waals surface area contributed by atoms with E-state index in [0.717, 1.165) is 24.2 Å². The Balaban J connectivity index is 3.09. The predicted molar refractivity (Wildman–Crippen MR) is 67.0 cm³/mol. The quantitative estimate of drug-likeness (QED) is 0.562. The number of hydrogen-bond acceptors (Lipinski definition) is 3. The fraction of sp³-hybridized carbons (Fsp3) is 0.385. The molecule has 3 nitrogen and oxygen atoms in total. The summed E-state index contributed by atoms with van der Waals surface area (Å²) in [5.74, 6) is 0.917. The highest BCUT2D eigenvalue weighted by molar-refractivity contribution is 5.75. The Kier molecular flexibility index (Phi) is 4.23. The third kappa shape index (κ3) is 2.69. The highest BCUT2D eigenvalue weighted by atomic mass is 16.1. The van der Waals surface area contributed by atoms with Crippen LogP contribution in [0.5, 0.6) is 0 Å². The molecule has 0 aliphatic carbocycles. The summed E-state index contributed by atoms with van der Waals surface area (Å²) in [7, 11) is 0. The summed E-state index contributed by atoms with van der Waals surface area (Å²) in [6.07, 6.45) is 4.28. The van der Waals surface area contributed by atoms with Gasteiger partial charge in [-0.05, 0) is 32.4 Å². The van der Waals surface area contributed by atoms with Gasteiger partial charge in [-0.15, -0.1) is 6.58 Å². The van der Waals surface area contributed by atoms with Crippen LogP contribution in [0, 0.1) is 6.92 Å². The van der Waals surface area contributed by atoms with Crippen molar-refractivity contribution >= 4 is 12.1 Å². The minimum atomic E-state index is 0.353. The molecule has 0 aromatic carbocycles. The average molecular weight is 218 g/mol. The number of aromatic nitrogens is 1. The molecule has 86 valence electrons. The summed E-state index contributed by atoms with van der Waals surface area (Å²) < 4.78 is 0. The Morgan fingerprint density at radius 3 is 2.69 bits per heavy atom. The monoisotopic (exact) mass is 218 g/mol. The van der Waals surface area contributed by atoms with E-state index >= 15 is 0 Å². The average Bonchev–Trinajstić information content (AvgIpc) is 2.26. The molecule has 0 aliphatic rings. The lowest BCUT2D eigenvalue weighted by molar-refractivity contribution is 0.112. The van der Waals surface area contributed by atoms with Crippen LogP contribution in [-0.2, 0) is 0 Å². The number of pyridine rings is 1. The lowest BCUT2D eigenvalue weighted by Crippen LogP contribution is -2.32. The van der Waals surface area contributed by atoms with Crippen LogP contribution in [0.25, 0.3) is 0 Å². The topological polar surface area (TPSA) is 33.2 Å². The van der Waals surface area contributed by atoms with E-state index in [0.29, 0.717) is 11.6 Å². The Hall–Kier alpha value is -1.64. The van der Waals surface area contributed by atoms with Crippen molar-refractivity contribution in [1.82, 2.24) is 4.98 Å². The molecule has 0 N–H and O–H groups in total. The highest BCUT2D eigenvalue weighted by Gasteiger charge is 2.12. The summed E-state index contributed by atoms with van der Waals surface area (Å²) in [6.45, 7) is 10.7. The first-order valence-corrected chi connectivity index (χ1v) is 5.39. The second kappa shape index (κ2) is 5.45. The van der Waals surface area contributed by atoms with E-state index in [1.165, 1.54) is 0 Å². The maximum absolute atomic E-state index is 10.6. The molecule has 0 bridgehead atoms. The summed E-state index contributed by atoms with van der Waals surface area (Å²) in [4.78, 5) is 17.1. The van der Waals surface area contributed by atoms with Gasteiger partial charge in [-0.3, -0.25) is 4.79 Å². The van der Waals surface area contributed by atoms with Crippen LogP contribution in [-0.4, -0.2) is 23.9 Å². The first-order chi connectivity index (χ1) is 7.60. The second-order valence-corrected chi connectivity index (χ2v) is 4.06. The van der Waals surface area contributed by atoms with E-state index in [2.05, 4.69) is 30.3 Å². The van der Waals surface area contributed by atoms with Gasteiger partial charge >= 0.3 is 0 Å². The molecule has 0 aliphatic heterocycles. The van der Waals surface area contributed by atoms with E-state index in [1.54, 1.807) is 6.20 Å². The van der Waals surface area contributed by atoms with Gasteiger partial charge in [-0.2, -0.15) is 0 Å². The highest BCUT2D eigenvalue weighted by Crippen LogP contribution is 2.19. The molecule has 0 atom stereocenters. The van der Waals surface area contributed by atoms with E-state index in [-0.39, 0.29) is 0 Å². The van der Waals surface area contributed by atoms with Crippen LogP contribution in [0.2, 0.25) is 0 Å². The zero-order valence-electron chi connectivity index (χ0n) is 10.1. The first-order valence-electron chi connectivity index (χ1n) is 5.39. The predicted octanol–water partition coefficient (Wildman–Crippen LogP) is 2.60. The molecule has 0 saturated carbocycles. The standard InChI is InChI=1S/C13H18N2O/c1-5-6-15(10(2)3)13-11(4)7-12(9-16)8-14-13/h5,7-10H,1,6H2,2-4H3. The van der Waals surface area contributed by atoms with E-state index in [4.69, 9.17) is 0 Å². The number of anilines is 1. The fourth-order valence-electron chi connectivity index (χ4n) is 1.64. The lowest BCUT2D eigenvalue weighted by atomic mass is 10.2. The number of hydrogen-bond donors (Lipinski definition) is 0. The van der Waals surface area contributed by atoms with Gasteiger partial charge in [0.1, 0.15) is 5.82 Å². The Morgan fingerprint density at radius 2 is 2.25 bits per heavy atom. The van der Waals surface area contributed by atoms with Crippen LogP contribution < -0.4 is 4.90 Å². The van der Waals surface area contributed by atoms with Crippen LogP contribution >= 0.6 is 0 Å². The van der Waals surface area contributed by atoms with Gasteiger partial charge in [0.05, 0.1) is 0 Å². The largest absolute Gasteiger partial charge is 0.350 e. The molecule has 0 saturated heterocycles. The number of rotatable bonds is 5. The maximum Gasteiger partial charge on any atom is 0.151 e. The SMILES string of the molecule is C=CCN(c1ncc(C=O)cc1C)C(C)C. The smallest absolute Gasteiger partial charge is 0.151 e. The lowest BCUT2D eigenvalue weighted by Gasteiger charge is -2.27. The Labute approximate surface area is 96.8 Å². The molecule has 1 heterocycles. The van der Waals surface area contributed by atoms with Gasteiger partial charge in [0.2, 0.25) is 0 Å². The molecule has 1 aromatic heterocycles. The molecular formula is C13H18N2O. The van der Waals surface area contributed by atoms with Crippen LogP contribution in [0.4, 0.5) is 5.82 Å². The minimum Gasteiger partial charge on any atom is -0.350 e. The van der Waals surface area contributed by atoms with Gasteiger partial charge < -0.3 is 4.90 Å². The van der Waals surface area contributed by atoms with E-state index in [1.807, 2.05) is 19.1 Å². The van der Waals surface area contributed by atoms with Crippen LogP contribution in [0.1, 0.15) is 29.8 Å². The van der Waals surface area contributed by atoms with Gasteiger partial charge in [0, 0.05) is 24.3 Å². The zero-order valence-corrected chi connectivity index (χ0v) is 10.1. The molecule has 0 unspecified atom stereocenters. The van der Waals surface area contributed by atoms with Gasteiger partial charge in [0.25, 0.3) is 0 Å². The third-order valence-electron chi connectivity index (χ3n) is 2.43. The number of aryl methyl sites for hydroxylation is 1. The van der Waals surface area contributed by atoms with Crippen molar-refractivity contribution in [2.24, 2.45) is 0 Å². The molecule has 3 heteroatoms. The zero-order chi connectivity index (χ0) is 12.1. The summed E-state index contributed by atoms with van der Waals surface area (Å²) in [5.41, 5.74) is 1.63. The Bertz CT molecular complexity index is 386. The van der Waals surface area contributed by atoms with E-state index in [9.17, 15) is 4.79 Å². The number of carbonyl (C=O) groups is 1.